The van der Waals surface area contributed by atoms with Gasteiger partial charge in [-0.15, -0.1) is 0 Å². The molecule has 0 aliphatic heterocycles. The highest BCUT2D eigenvalue weighted by Crippen LogP contribution is 2.14. The molecule has 0 bridgehead atoms. The predicted molar refractivity (Wildman–Crippen MR) is 57.7 cm³/mol. The first-order chi connectivity index (χ1) is 6.36. The lowest BCUT2D eigenvalue weighted by atomic mass is 9.99. The molecule has 0 aliphatic carbocycles. The van der Waals surface area contributed by atoms with Crippen LogP contribution in [0.4, 0.5) is 0 Å². The molecule has 0 N–H and O–H groups in total. The second kappa shape index (κ2) is 5.85. The van der Waals surface area contributed by atoms with E-state index in [2.05, 4.69) is 42.9 Å². The molecule has 0 fully saturated rings. The highest BCUT2D eigenvalue weighted by molar-refractivity contribution is 4.90. The maximum Gasteiger partial charge on any atom is 0.0247 e. The SMILES string of the molecule is CCCCC(CC)Cn1cccc1. The van der Waals surface area contributed by atoms with Crippen molar-refractivity contribution in [2.24, 2.45) is 5.92 Å². The monoisotopic (exact) mass is 179 g/mol. The molecule has 0 radical (unpaired) electrons. The third-order valence-corrected chi connectivity index (χ3v) is 2.68. The fourth-order valence-electron chi connectivity index (χ4n) is 1.71. The van der Waals surface area contributed by atoms with E-state index in [4.69, 9.17) is 0 Å². The van der Waals surface area contributed by atoms with Gasteiger partial charge in [0.1, 0.15) is 0 Å². The van der Waals surface area contributed by atoms with Crippen molar-refractivity contribution in [3.8, 4) is 0 Å². The zero-order valence-electron chi connectivity index (χ0n) is 8.87. The minimum absolute atomic E-state index is 0.868. The van der Waals surface area contributed by atoms with Gasteiger partial charge in [0.15, 0.2) is 0 Å². The van der Waals surface area contributed by atoms with Gasteiger partial charge in [-0.05, 0) is 24.5 Å². The quantitative estimate of drug-likeness (QED) is 0.627. The average molecular weight is 179 g/mol. The molecule has 1 nitrogen and oxygen atoms in total. The van der Waals surface area contributed by atoms with Crippen molar-refractivity contribution in [3.05, 3.63) is 24.5 Å². The third kappa shape index (κ3) is 3.67. The van der Waals surface area contributed by atoms with Gasteiger partial charge < -0.3 is 4.57 Å². The van der Waals surface area contributed by atoms with Gasteiger partial charge in [-0.3, -0.25) is 0 Å². The molecular formula is C12H21N. The van der Waals surface area contributed by atoms with E-state index in [1.165, 1.54) is 32.2 Å². The largest absolute Gasteiger partial charge is 0.354 e. The summed E-state index contributed by atoms with van der Waals surface area (Å²) in [6.45, 7) is 5.76. The van der Waals surface area contributed by atoms with E-state index in [0.29, 0.717) is 0 Å². The average Bonchev–Trinajstić information content (AvgIpc) is 2.64. The Bertz CT molecular complexity index is 201. The zero-order valence-corrected chi connectivity index (χ0v) is 8.87. The van der Waals surface area contributed by atoms with E-state index in [1.807, 2.05) is 0 Å². The molecule has 13 heavy (non-hydrogen) atoms. The first-order valence-electron chi connectivity index (χ1n) is 5.47. The second-order valence-electron chi connectivity index (χ2n) is 3.80. The van der Waals surface area contributed by atoms with E-state index >= 15 is 0 Å². The molecule has 1 heterocycles. The van der Waals surface area contributed by atoms with Gasteiger partial charge >= 0.3 is 0 Å². The van der Waals surface area contributed by atoms with Crippen LogP contribution in [0.3, 0.4) is 0 Å². The van der Waals surface area contributed by atoms with Gasteiger partial charge in [-0.1, -0.05) is 33.1 Å². The van der Waals surface area contributed by atoms with Crippen LogP contribution in [0.25, 0.3) is 0 Å². The molecule has 1 aromatic heterocycles. The topological polar surface area (TPSA) is 4.93 Å². The van der Waals surface area contributed by atoms with Crippen molar-refractivity contribution in [2.45, 2.75) is 46.1 Å². The van der Waals surface area contributed by atoms with Crippen molar-refractivity contribution in [1.29, 1.82) is 0 Å². The summed E-state index contributed by atoms with van der Waals surface area (Å²) in [5.74, 6) is 0.868. The van der Waals surface area contributed by atoms with Crippen LogP contribution < -0.4 is 0 Å². The summed E-state index contributed by atoms with van der Waals surface area (Å²) in [6, 6.07) is 4.21. The Kier molecular flexibility index (Phi) is 4.66. The van der Waals surface area contributed by atoms with Crippen molar-refractivity contribution in [2.75, 3.05) is 0 Å². The van der Waals surface area contributed by atoms with Gasteiger partial charge in [0.2, 0.25) is 0 Å². The minimum atomic E-state index is 0.868. The summed E-state index contributed by atoms with van der Waals surface area (Å²) in [7, 11) is 0. The lowest BCUT2D eigenvalue weighted by Crippen LogP contribution is -2.08. The molecule has 0 aliphatic rings. The van der Waals surface area contributed by atoms with Gasteiger partial charge in [0.05, 0.1) is 0 Å². The zero-order chi connectivity index (χ0) is 9.52. The Hall–Kier alpha value is -0.720. The number of unbranched alkanes of at least 4 members (excludes halogenated alkanes) is 1. The summed E-state index contributed by atoms with van der Waals surface area (Å²) in [6.07, 6.45) is 9.70. The van der Waals surface area contributed by atoms with Gasteiger partial charge in [0, 0.05) is 18.9 Å². The Balaban J connectivity index is 2.31. The summed E-state index contributed by atoms with van der Waals surface area (Å²) < 4.78 is 2.30. The van der Waals surface area contributed by atoms with Crippen LogP contribution in [-0.2, 0) is 6.54 Å². The van der Waals surface area contributed by atoms with Crippen LogP contribution in [0.15, 0.2) is 24.5 Å². The van der Waals surface area contributed by atoms with Crippen LogP contribution in [-0.4, -0.2) is 4.57 Å². The van der Waals surface area contributed by atoms with Gasteiger partial charge in [-0.25, -0.2) is 0 Å². The normalized spacial score (nSPS) is 13.1. The maximum absolute atomic E-state index is 2.30. The van der Waals surface area contributed by atoms with Gasteiger partial charge in [-0.2, -0.15) is 0 Å². The van der Waals surface area contributed by atoms with Crippen molar-refractivity contribution in [1.82, 2.24) is 4.57 Å². The molecule has 1 rings (SSSR count). The number of aromatic nitrogens is 1. The van der Waals surface area contributed by atoms with Crippen molar-refractivity contribution >= 4 is 0 Å². The molecule has 0 saturated carbocycles. The first-order valence-corrected chi connectivity index (χ1v) is 5.47. The molecule has 1 heteroatoms. The standard InChI is InChI=1S/C12H21N/c1-3-5-8-12(4-2)11-13-9-6-7-10-13/h6-7,9-10,12H,3-5,8,11H2,1-2H3. The summed E-state index contributed by atoms with van der Waals surface area (Å²) in [5.41, 5.74) is 0. The van der Waals surface area contributed by atoms with Crippen LogP contribution in [0.2, 0.25) is 0 Å². The Morgan fingerprint density at radius 3 is 2.38 bits per heavy atom. The molecule has 1 unspecified atom stereocenters. The lowest BCUT2D eigenvalue weighted by Gasteiger charge is -2.14. The Labute approximate surface area is 81.8 Å². The fraction of sp³-hybridized carbons (Fsp3) is 0.667. The van der Waals surface area contributed by atoms with E-state index in [0.717, 1.165) is 5.92 Å². The highest BCUT2D eigenvalue weighted by Gasteiger charge is 2.05. The number of hydrogen-bond donors (Lipinski definition) is 0. The van der Waals surface area contributed by atoms with E-state index in [1.54, 1.807) is 0 Å². The van der Waals surface area contributed by atoms with Crippen LogP contribution in [0, 0.1) is 5.92 Å². The Morgan fingerprint density at radius 1 is 1.15 bits per heavy atom. The Morgan fingerprint density at radius 2 is 1.85 bits per heavy atom. The lowest BCUT2D eigenvalue weighted by molar-refractivity contribution is 0.391. The molecule has 0 aromatic carbocycles. The third-order valence-electron chi connectivity index (χ3n) is 2.68. The molecule has 0 saturated heterocycles. The highest BCUT2D eigenvalue weighted by atomic mass is 14.9. The van der Waals surface area contributed by atoms with Gasteiger partial charge in [0.25, 0.3) is 0 Å². The molecule has 1 atom stereocenters. The van der Waals surface area contributed by atoms with E-state index in [9.17, 15) is 0 Å². The van der Waals surface area contributed by atoms with Crippen LogP contribution in [0.5, 0.6) is 0 Å². The van der Waals surface area contributed by atoms with Crippen molar-refractivity contribution in [3.63, 3.8) is 0 Å². The van der Waals surface area contributed by atoms with E-state index in [-0.39, 0.29) is 0 Å². The van der Waals surface area contributed by atoms with E-state index < -0.39 is 0 Å². The molecular weight excluding hydrogens is 158 g/mol. The minimum Gasteiger partial charge on any atom is -0.354 e. The summed E-state index contributed by atoms with van der Waals surface area (Å²) in [5, 5.41) is 0. The maximum atomic E-state index is 2.30. The first kappa shape index (κ1) is 10.4. The van der Waals surface area contributed by atoms with Crippen LogP contribution in [0.1, 0.15) is 39.5 Å². The summed E-state index contributed by atoms with van der Waals surface area (Å²) >= 11 is 0. The fourth-order valence-corrected chi connectivity index (χ4v) is 1.71. The number of hydrogen-bond acceptors (Lipinski definition) is 0. The number of rotatable bonds is 6. The molecule has 0 amide bonds. The smallest absolute Gasteiger partial charge is 0.0247 e. The van der Waals surface area contributed by atoms with Crippen molar-refractivity contribution < 1.29 is 0 Å². The molecule has 1 aromatic rings. The molecule has 0 spiro atoms. The number of nitrogens with zero attached hydrogens (tertiary/aromatic N) is 1. The molecule has 74 valence electrons. The van der Waals surface area contributed by atoms with Crippen LogP contribution >= 0.6 is 0 Å². The second-order valence-corrected chi connectivity index (χ2v) is 3.80. The summed E-state index contributed by atoms with van der Waals surface area (Å²) in [4.78, 5) is 0. The predicted octanol–water partition coefficient (Wildman–Crippen LogP) is 3.70.